The summed E-state index contributed by atoms with van der Waals surface area (Å²) in [5, 5.41) is 2.76. The molecule has 0 heterocycles. The molecular formula is C17H17NO4. The Hall–Kier alpha value is -2.82. The van der Waals surface area contributed by atoms with Gasteiger partial charge in [0, 0.05) is 5.69 Å². The van der Waals surface area contributed by atoms with Crippen molar-refractivity contribution in [2.24, 2.45) is 0 Å². The summed E-state index contributed by atoms with van der Waals surface area (Å²) < 4.78 is 10.2. The van der Waals surface area contributed by atoms with Gasteiger partial charge in [-0.05, 0) is 43.3 Å². The van der Waals surface area contributed by atoms with Crippen LogP contribution in [-0.4, -0.2) is 25.1 Å². The largest absolute Gasteiger partial charge is 0.481 e. The van der Waals surface area contributed by atoms with Crippen molar-refractivity contribution in [1.29, 1.82) is 0 Å². The van der Waals surface area contributed by atoms with Gasteiger partial charge in [0.1, 0.15) is 5.75 Å². The van der Waals surface area contributed by atoms with Crippen LogP contribution in [-0.2, 0) is 9.53 Å². The minimum atomic E-state index is -0.663. The first-order chi connectivity index (χ1) is 10.6. The molecule has 0 saturated heterocycles. The Bertz CT molecular complexity index is 637. The van der Waals surface area contributed by atoms with Crippen molar-refractivity contribution < 1.29 is 19.1 Å². The van der Waals surface area contributed by atoms with E-state index in [2.05, 4.69) is 10.1 Å². The van der Waals surface area contributed by atoms with E-state index in [1.54, 1.807) is 43.3 Å². The quantitative estimate of drug-likeness (QED) is 0.862. The van der Waals surface area contributed by atoms with Gasteiger partial charge in [0.2, 0.25) is 0 Å². The number of methoxy groups -OCH3 is 1. The number of amides is 1. The molecule has 0 bridgehead atoms. The van der Waals surface area contributed by atoms with Gasteiger partial charge in [-0.1, -0.05) is 18.2 Å². The van der Waals surface area contributed by atoms with Gasteiger partial charge in [-0.3, -0.25) is 4.79 Å². The number of esters is 1. The highest BCUT2D eigenvalue weighted by Gasteiger charge is 2.15. The van der Waals surface area contributed by atoms with E-state index in [-0.39, 0.29) is 5.91 Å². The molecule has 0 aliphatic heterocycles. The fourth-order valence-corrected chi connectivity index (χ4v) is 1.81. The highest BCUT2D eigenvalue weighted by atomic mass is 16.5. The zero-order valence-electron chi connectivity index (χ0n) is 12.4. The van der Waals surface area contributed by atoms with Gasteiger partial charge in [-0.25, -0.2) is 4.79 Å². The van der Waals surface area contributed by atoms with Gasteiger partial charge >= 0.3 is 5.97 Å². The van der Waals surface area contributed by atoms with Crippen molar-refractivity contribution in [3.63, 3.8) is 0 Å². The number of benzene rings is 2. The molecule has 5 heteroatoms. The van der Waals surface area contributed by atoms with Gasteiger partial charge in [-0.15, -0.1) is 0 Å². The van der Waals surface area contributed by atoms with Crippen molar-refractivity contribution in [3.05, 3.63) is 60.2 Å². The van der Waals surface area contributed by atoms with Crippen LogP contribution >= 0.6 is 0 Å². The lowest BCUT2D eigenvalue weighted by Gasteiger charge is -2.15. The lowest BCUT2D eigenvalue weighted by molar-refractivity contribution is -0.122. The summed E-state index contributed by atoms with van der Waals surface area (Å²) >= 11 is 0. The molecule has 1 atom stereocenters. The van der Waals surface area contributed by atoms with Crippen LogP contribution in [0.3, 0.4) is 0 Å². The van der Waals surface area contributed by atoms with Crippen LogP contribution in [0, 0.1) is 0 Å². The molecule has 0 fully saturated rings. The number of para-hydroxylation sites is 1. The maximum absolute atomic E-state index is 12.0. The first-order valence-corrected chi connectivity index (χ1v) is 6.81. The number of hydrogen-bond acceptors (Lipinski definition) is 4. The lowest BCUT2D eigenvalue weighted by Crippen LogP contribution is -2.30. The van der Waals surface area contributed by atoms with Crippen molar-refractivity contribution in [2.75, 3.05) is 12.4 Å². The Labute approximate surface area is 128 Å². The third-order valence-corrected chi connectivity index (χ3v) is 3.00. The van der Waals surface area contributed by atoms with E-state index >= 15 is 0 Å². The van der Waals surface area contributed by atoms with E-state index in [1.165, 1.54) is 7.11 Å². The molecule has 1 amide bonds. The number of hydrogen-bond donors (Lipinski definition) is 1. The van der Waals surface area contributed by atoms with Crippen LogP contribution in [0.25, 0.3) is 0 Å². The Balaban J connectivity index is 1.95. The molecular weight excluding hydrogens is 282 g/mol. The van der Waals surface area contributed by atoms with Gasteiger partial charge < -0.3 is 14.8 Å². The normalized spacial score (nSPS) is 11.4. The predicted molar refractivity (Wildman–Crippen MR) is 82.9 cm³/mol. The molecule has 2 aromatic carbocycles. The Morgan fingerprint density at radius 3 is 2.23 bits per heavy atom. The fraction of sp³-hybridized carbons (Fsp3) is 0.176. The molecule has 5 nitrogen and oxygen atoms in total. The summed E-state index contributed by atoms with van der Waals surface area (Å²) in [6, 6.07) is 15.6. The molecule has 0 aliphatic carbocycles. The van der Waals surface area contributed by atoms with Gasteiger partial charge in [0.15, 0.2) is 6.10 Å². The van der Waals surface area contributed by atoms with Gasteiger partial charge in [-0.2, -0.15) is 0 Å². The third kappa shape index (κ3) is 4.09. The molecule has 0 spiro atoms. The summed E-state index contributed by atoms with van der Waals surface area (Å²) in [6.07, 6.45) is -0.663. The van der Waals surface area contributed by atoms with Crippen LogP contribution in [0.1, 0.15) is 17.3 Å². The summed E-state index contributed by atoms with van der Waals surface area (Å²) in [6.45, 7) is 1.66. The Morgan fingerprint density at radius 1 is 1.00 bits per heavy atom. The molecule has 2 rings (SSSR count). The van der Waals surface area contributed by atoms with E-state index in [4.69, 9.17) is 4.74 Å². The number of carbonyl (C=O) groups excluding carboxylic acids is 2. The Kier molecular flexibility index (Phi) is 5.14. The minimum Gasteiger partial charge on any atom is -0.481 e. The third-order valence-electron chi connectivity index (χ3n) is 3.00. The van der Waals surface area contributed by atoms with E-state index < -0.39 is 12.1 Å². The second-order valence-electron chi connectivity index (χ2n) is 4.63. The molecule has 1 unspecified atom stereocenters. The van der Waals surface area contributed by atoms with Crippen LogP contribution < -0.4 is 10.1 Å². The molecule has 2 aromatic rings. The van der Waals surface area contributed by atoms with E-state index in [1.807, 2.05) is 18.2 Å². The molecule has 0 aromatic heterocycles. The summed E-state index contributed by atoms with van der Waals surface area (Å²) in [5.74, 6) is -0.159. The first kappa shape index (κ1) is 15.6. The molecule has 0 aliphatic rings. The minimum absolute atomic E-state index is 0.247. The maximum atomic E-state index is 12.0. The summed E-state index contributed by atoms with van der Waals surface area (Å²) in [7, 11) is 1.32. The number of rotatable bonds is 5. The van der Waals surface area contributed by atoms with Crippen molar-refractivity contribution in [3.8, 4) is 5.75 Å². The van der Waals surface area contributed by atoms with Crippen molar-refractivity contribution in [1.82, 2.24) is 0 Å². The fourth-order valence-electron chi connectivity index (χ4n) is 1.81. The molecule has 1 N–H and O–H groups in total. The SMILES string of the molecule is COC(=O)c1ccc(OC(C)C(=O)Nc2ccccc2)cc1. The average molecular weight is 299 g/mol. The van der Waals surface area contributed by atoms with Crippen LogP contribution in [0.15, 0.2) is 54.6 Å². The highest BCUT2D eigenvalue weighted by Crippen LogP contribution is 2.15. The number of ether oxygens (including phenoxy) is 2. The maximum Gasteiger partial charge on any atom is 0.337 e. The number of nitrogens with one attached hydrogen (secondary N) is 1. The second kappa shape index (κ2) is 7.26. The zero-order valence-corrected chi connectivity index (χ0v) is 12.4. The lowest BCUT2D eigenvalue weighted by atomic mass is 10.2. The molecule has 22 heavy (non-hydrogen) atoms. The standard InChI is InChI=1S/C17H17NO4/c1-12(16(19)18-14-6-4-3-5-7-14)22-15-10-8-13(9-11-15)17(20)21-2/h3-12H,1-2H3,(H,18,19). The predicted octanol–water partition coefficient (Wildman–Crippen LogP) is 2.88. The van der Waals surface area contributed by atoms with E-state index in [0.29, 0.717) is 17.0 Å². The smallest absolute Gasteiger partial charge is 0.337 e. The summed E-state index contributed by atoms with van der Waals surface area (Å²) in [4.78, 5) is 23.4. The monoisotopic (exact) mass is 299 g/mol. The van der Waals surface area contributed by atoms with Crippen molar-refractivity contribution >= 4 is 17.6 Å². The Morgan fingerprint density at radius 2 is 1.64 bits per heavy atom. The highest BCUT2D eigenvalue weighted by molar-refractivity contribution is 5.94. The second-order valence-corrected chi connectivity index (χ2v) is 4.63. The van der Waals surface area contributed by atoms with Crippen LogP contribution in [0.2, 0.25) is 0 Å². The zero-order chi connectivity index (χ0) is 15.9. The molecule has 0 saturated carbocycles. The average Bonchev–Trinajstić information content (AvgIpc) is 2.55. The first-order valence-electron chi connectivity index (χ1n) is 6.81. The van der Waals surface area contributed by atoms with Crippen molar-refractivity contribution in [2.45, 2.75) is 13.0 Å². The summed E-state index contributed by atoms with van der Waals surface area (Å²) in [5.41, 5.74) is 1.14. The topological polar surface area (TPSA) is 64.6 Å². The number of carbonyl (C=O) groups is 2. The van der Waals surface area contributed by atoms with Crippen LogP contribution in [0.4, 0.5) is 5.69 Å². The van der Waals surface area contributed by atoms with E-state index in [0.717, 1.165) is 0 Å². The molecule has 0 radical (unpaired) electrons. The number of anilines is 1. The van der Waals surface area contributed by atoms with Gasteiger partial charge in [0.05, 0.1) is 12.7 Å². The van der Waals surface area contributed by atoms with E-state index in [9.17, 15) is 9.59 Å². The van der Waals surface area contributed by atoms with Gasteiger partial charge in [0.25, 0.3) is 5.91 Å². The van der Waals surface area contributed by atoms with Crippen LogP contribution in [0.5, 0.6) is 5.75 Å². The molecule has 114 valence electrons.